The minimum Gasteiger partial charge on any atom is -0.477 e. The van der Waals surface area contributed by atoms with Gasteiger partial charge in [-0.05, 0) is 12.1 Å². The fraction of sp³-hybridized carbons (Fsp3) is 0.211. The molecular weight excluding hydrogens is 380 g/mol. The lowest BCUT2D eigenvalue weighted by Crippen LogP contribution is -2.38. The number of anilines is 1. The lowest BCUT2D eigenvalue weighted by atomic mass is 9.69. The summed E-state index contributed by atoms with van der Waals surface area (Å²) in [6.45, 7) is 3.65. The van der Waals surface area contributed by atoms with Crippen LogP contribution in [0.25, 0.3) is 0 Å². The Morgan fingerprint density at radius 2 is 1.96 bits per heavy atom. The number of carbonyl (C=O) groups excluding carboxylic acids is 1. The van der Waals surface area contributed by atoms with Gasteiger partial charge < -0.3 is 15.2 Å². The lowest BCUT2D eigenvalue weighted by Gasteiger charge is -2.37. The van der Waals surface area contributed by atoms with Crippen LogP contribution in [0.1, 0.15) is 41.4 Å². The maximum atomic E-state index is 13.1. The highest BCUT2D eigenvalue weighted by molar-refractivity contribution is 7.13. The van der Waals surface area contributed by atoms with E-state index in [1.165, 1.54) is 17.4 Å². The first-order valence-electron chi connectivity index (χ1n) is 8.46. The van der Waals surface area contributed by atoms with Crippen LogP contribution < -0.4 is 10.1 Å². The van der Waals surface area contributed by atoms with Crippen molar-refractivity contribution in [2.24, 2.45) is 5.41 Å². The molecule has 4 rings (SSSR count). The number of benzene rings is 1. The summed E-state index contributed by atoms with van der Waals surface area (Å²) < 4.78 is 5.85. The van der Waals surface area contributed by atoms with E-state index in [9.17, 15) is 14.7 Å². The first-order chi connectivity index (χ1) is 13.4. The molecule has 0 radical (unpaired) electrons. The van der Waals surface area contributed by atoms with Crippen molar-refractivity contribution in [3.05, 3.63) is 58.7 Å². The molecule has 1 aliphatic rings. The molecule has 142 valence electrons. The molecule has 1 amide bonds. The third-order valence-corrected chi connectivity index (χ3v) is 5.35. The Kier molecular flexibility index (Phi) is 4.31. The number of hydrogen-bond donors (Lipinski definition) is 2. The molecule has 3 aromatic rings. The fourth-order valence-electron chi connectivity index (χ4n) is 3.35. The van der Waals surface area contributed by atoms with E-state index in [1.54, 1.807) is 17.6 Å². The number of carbonyl (C=O) groups is 2. The minimum atomic E-state index is -1.14. The monoisotopic (exact) mass is 396 g/mol. The van der Waals surface area contributed by atoms with E-state index in [1.807, 2.05) is 32.0 Å². The first kappa shape index (κ1) is 18.1. The summed E-state index contributed by atoms with van der Waals surface area (Å²) in [5.74, 6) is -1.03. The van der Waals surface area contributed by atoms with Crippen LogP contribution in [0.5, 0.6) is 11.6 Å². The molecule has 28 heavy (non-hydrogen) atoms. The molecule has 0 unspecified atom stereocenters. The second-order valence-electron chi connectivity index (χ2n) is 6.89. The van der Waals surface area contributed by atoms with Crippen molar-refractivity contribution in [2.45, 2.75) is 19.8 Å². The molecule has 0 spiro atoms. The van der Waals surface area contributed by atoms with E-state index in [0.29, 0.717) is 16.4 Å². The Hall–Kier alpha value is -3.33. The summed E-state index contributed by atoms with van der Waals surface area (Å²) in [7, 11) is 0. The molecule has 0 bridgehead atoms. The molecule has 0 aliphatic carbocycles. The van der Waals surface area contributed by atoms with Crippen molar-refractivity contribution in [3.63, 3.8) is 0 Å². The standard InChI is InChI=1S/C19H16N4O4S/c1-19(2,17(26)22-18-23-20-9-28-18)14-10-5-3-4-6-13(10)27-15-11(14)7-8-12(21-15)16(24)25/h3-9,14H,1-2H3,(H,24,25)(H,22,23,26)/t14-/m0/s1. The zero-order valence-electron chi connectivity index (χ0n) is 15.0. The van der Waals surface area contributed by atoms with Gasteiger partial charge in [-0.1, -0.05) is 49.4 Å². The van der Waals surface area contributed by atoms with Crippen molar-refractivity contribution >= 4 is 28.3 Å². The maximum absolute atomic E-state index is 13.1. The van der Waals surface area contributed by atoms with Gasteiger partial charge in [-0.2, -0.15) is 0 Å². The van der Waals surface area contributed by atoms with Crippen LogP contribution >= 0.6 is 11.3 Å². The summed E-state index contributed by atoms with van der Waals surface area (Å²) in [6, 6.07) is 10.4. The Labute approximate surface area is 164 Å². The summed E-state index contributed by atoms with van der Waals surface area (Å²) >= 11 is 1.23. The molecule has 9 heteroatoms. The van der Waals surface area contributed by atoms with Gasteiger partial charge in [0.05, 0.1) is 5.41 Å². The number of fused-ring (bicyclic) bond motifs is 2. The number of aromatic nitrogens is 3. The smallest absolute Gasteiger partial charge is 0.354 e. The Balaban J connectivity index is 1.81. The number of amides is 1. The largest absolute Gasteiger partial charge is 0.477 e. The quantitative estimate of drug-likeness (QED) is 0.693. The van der Waals surface area contributed by atoms with E-state index < -0.39 is 17.3 Å². The number of carboxylic acid groups (broad SMARTS) is 1. The predicted octanol–water partition coefficient (Wildman–Crippen LogP) is 3.53. The van der Waals surface area contributed by atoms with Crippen molar-refractivity contribution in [3.8, 4) is 11.6 Å². The highest BCUT2D eigenvalue weighted by Crippen LogP contribution is 2.51. The molecule has 8 nitrogen and oxygen atoms in total. The van der Waals surface area contributed by atoms with Crippen molar-refractivity contribution in [2.75, 3.05) is 5.32 Å². The summed E-state index contributed by atoms with van der Waals surface area (Å²) in [5.41, 5.74) is 2.00. The Morgan fingerprint density at radius 1 is 1.18 bits per heavy atom. The summed E-state index contributed by atoms with van der Waals surface area (Å²) in [4.78, 5) is 28.5. The van der Waals surface area contributed by atoms with Crippen LogP contribution in [0.2, 0.25) is 0 Å². The molecule has 0 fully saturated rings. The third-order valence-electron chi connectivity index (χ3n) is 4.74. The number of rotatable bonds is 4. The number of aromatic carboxylic acids is 1. The van der Waals surface area contributed by atoms with Crippen LogP contribution in [0.3, 0.4) is 0 Å². The minimum absolute atomic E-state index is 0.118. The Morgan fingerprint density at radius 3 is 2.68 bits per heavy atom. The van der Waals surface area contributed by atoms with Gasteiger partial charge in [0.15, 0.2) is 5.69 Å². The zero-order chi connectivity index (χ0) is 19.9. The first-order valence-corrected chi connectivity index (χ1v) is 9.34. The molecular formula is C19H16N4O4S. The number of para-hydroxylation sites is 1. The van der Waals surface area contributed by atoms with Gasteiger partial charge in [-0.3, -0.25) is 4.79 Å². The number of nitrogens with one attached hydrogen (secondary N) is 1. The van der Waals surface area contributed by atoms with Gasteiger partial charge in [0.2, 0.25) is 16.9 Å². The number of carboxylic acids is 1. The third kappa shape index (κ3) is 2.99. The highest BCUT2D eigenvalue weighted by atomic mass is 32.1. The second-order valence-corrected chi connectivity index (χ2v) is 7.72. The van der Waals surface area contributed by atoms with Crippen LogP contribution in [0.4, 0.5) is 5.13 Å². The van der Waals surface area contributed by atoms with Gasteiger partial charge in [0, 0.05) is 17.0 Å². The molecule has 3 heterocycles. The molecule has 2 N–H and O–H groups in total. The predicted molar refractivity (Wildman–Crippen MR) is 102 cm³/mol. The number of pyridine rings is 1. The van der Waals surface area contributed by atoms with E-state index in [-0.39, 0.29) is 17.5 Å². The summed E-state index contributed by atoms with van der Waals surface area (Å²) in [6.07, 6.45) is 0. The van der Waals surface area contributed by atoms with Crippen molar-refractivity contribution in [1.29, 1.82) is 0 Å². The molecule has 1 aliphatic heterocycles. The van der Waals surface area contributed by atoms with Crippen molar-refractivity contribution < 1.29 is 19.4 Å². The molecule has 0 saturated heterocycles. The van der Waals surface area contributed by atoms with Gasteiger partial charge >= 0.3 is 5.97 Å². The van der Waals surface area contributed by atoms with Crippen LogP contribution in [-0.2, 0) is 4.79 Å². The van der Waals surface area contributed by atoms with E-state index in [0.717, 1.165) is 5.56 Å². The molecule has 1 aromatic carbocycles. The van der Waals surface area contributed by atoms with Crippen LogP contribution in [-0.4, -0.2) is 32.2 Å². The fourth-order valence-corrected chi connectivity index (χ4v) is 3.79. The van der Waals surface area contributed by atoms with E-state index in [4.69, 9.17) is 4.74 Å². The normalized spacial score (nSPS) is 15.1. The van der Waals surface area contributed by atoms with Crippen molar-refractivity contribution in [1.82, 2.24) is 15.2 Å². The van der Waals surface area contributed by atoms with Crippen LogP contribution in [0, 0.1) is 5.41 Å². The average molecular weight is 396 g/mol. The maximum Gasteiger partial charge on any atom is 0.354 e. The SMILES string of the molecule is CC(C)(C(=O)Nc1nncs1)[C@H]1c2ccccc2Oc2nc(C(=O)O)ccc21. The Bertz CT molecular complexity index is 1070. The summed E-state index contributed by atoms with van der Waals surface area (Å²) in [5, 5.41) is 20.1. The topological polar surface area (TPSA) is 114 Å². The highest BCUT2D eigenvalue weighted by Gasteiger charge is 2.44. The van der Waals surface area contributed by atoms with E-state index >= 15 is 0 Å². The lowest BCUT2D eigenvalue weighted by molar-refractivity contribution is -0.124. The molecule has 2 aromatic heterocycles. The zero-order valence-corrected chi connectivity index (χ0v) is 15.9. The van der Waals surface area contributed by atoms with Gasteiger partial charge in [-0.15, -0.1) is 10.2 Å². The van der Waals surface area contributed by atoms with Gasteiger partial charge in [-0.25, -0.2) is 9.78 Å². The molecule has 1 atom stereocenters. The number of hydrogen-bond acceptors (Lipinski definition) is 7. The average Bonchev–Trinajstić information content (AvgIpc) is 3.18. The van der Waals surface area contributed by atoms with Crippen LogP contribution in [0.15, 0.2) is 41.9 Å². The van der Waals surface area contributed by atoms with Gasteiger partial charge in [0.1, 0.15) is 11.3 Å². The van der Waals surface area contributed by atoms with E-state index in [2.05, 4.69) is 20.5 Å². The molecule has 0 saturated carbocycles. The number of nitrogens with zero attached hydrogens (tertiary/aromatic N) is 3. The second kappa shape index (κ2) is 6.68. The number of ether oxygens (including phenoxy) is 1. The van der Waals surface area contributed by atoms with Gasteiger partial charge in [0.25, 0.3) is 0 Å².